The molecule has 0 bridgehead atoms. The second-order valence-electron chi connectivity index (χ2n) is 6.43. The molecule has 0 saturated heterocycles. The van der Waals surface area contributed by atoms with Gasteiger partial charge in [-0.2, -0.15) is 0 Å². The molecule has 1 N–H and O–H groups in total. The number of nitrogens with one attached hydrogen (secondary N) is 1. The molecule has 28 heavy (non-hydrogen) atoms. The second kappa shape index (κ2) is 7.84. The largest absolute Gasteiger partial charge is 0.326 e. The minimum Gasteiger partial charge on any atom is -0.326 e. The Balaban J connectivity index is 1.68. The average Bonchev–Trinajstić information content (AvgIpc) is 2.96. The van der Waals surface area contributed by atoms with E-state index in [1.54, 1.807) is 19.1 Å². The molecular weight excluding hydrogens is 398 g/mol. The Labute approximate surface area is 167 Å². The molecule has 1 amide bonds. The van der Waals surface area contributed by atoms with E-state index < -0.39 is 9.84 Å². The summed E-state index contributed by atoms with van der Waals surface area (Å²) in [6.07, 6.45) is 1.57. The van der Waals surface area contributed by atoms with Crippen molar-refractivity contribution in [2.75, 3.05) is 11.1 Å². The van der Waals surface area contributed by atoms with Crippen molar-refractivity contribution in [1.82, 2.24) is 9.55 Å². The fourth-order valence-corrected chi connectivity index (χ4v) is 4.66. The number of thiophene rings is 1. The third-order valence-corrected chi connectivity index (χ3v) is 7.48. The fraction of sp³-hybridized carbons (Fsp3) is 0.316. The second-order valence-corrected chi connectivity index (χ2v) is 9.91. The van der Waals surface area contributed by atoms with E-state index in [0.29, 0.717) is 15.9 Å². The monoisotopic (exact) mass is 419 g/mol. The highest BCUT2D eigenvalue weighted by atomic mass is 32.2. The first kappa shape index (κ1) is 20.2. The fourth-order valence-electron chi connectivity index (χ4n) is 2.79. The quantitative estimate of drug-likeness (QED) is 0.662. The van der Waals surface area contributed by atoms with Gasteiger partial charge in [-0.1, -0.05) is 6.92 Å². The number of hydrogen-bond acceptors (Lipinski definition) is 6. The maximum Gasteiger partial charge on any atom is 0.262 e. The summed E-state index contributed by atoms with van der Waals surface area (Å²) < 4.78 is 25.1. The number of aryl methyl sites for hydroxylation is 3. The van der Waals surface area contributed by atoms with Gasteiger partial charge in [-0.15, -0.1) is 11.3 Å². The molecule has 3 aromatic rings. The van der Waals surface area contributed by atoms with Crippen molar-refractivity contribution in [2.45, 2.75) is 38.6 Å². The molecule has 0 aliphatic rings. The number of sulfone groups is 1. The van der Waals surface area contributed by atoms with Crippen LogP contribution in [0.1, 0.15) is 23.8 Å². The molecular formula is C19H21N3O4S2. The summed E-state index contributed by atoms with van der Waals surface area (Å²) >= 11 is 1.49. The zero-order valence-electron chi connectivity index (χ0n) is 15.9. The molecule has 148 valence electrons. The van der Waals surface area contributed by atoms with E-state index >= 15 is 0 Å². The Hall–Kier alpha value is -2.52. The lowest BCUT2D eigenvalue weighted by Crippen LogP contribution is -2.23. The van der Waals surface area contributed by atoms with Crippen LogP contribution in [0.4, 0.5) is 5.69 Å². The lowest BCUT2D eigenvalue weighted by atomic mass is 10.2. The summed E-state index contributed by atoms with van der Waals surface area (Å²) in [5, 5.41) is 3.32. The first-order valence-corrected chi connectivity index (χ1v) is 11.3. The maximum atomic E-state index is 12.6. The van der Waals surface area contributed by atoms with Crippen LogP contribution in [-0.4, -0.2) is 29.6 Å². The Bertz CT molecular complexity index is 1190. The van der Waals surface area contributed by atoms with Gasteiger partial charge < -0.3 is 5.32 Å². The lowest BCUT2D eigenvalue weighted by molar-refractivity contribution is -0.116. The molecule has 0 unspecified atom stereocenters. The van der Waals surface area contributed by atoms with E-state index in [9.17, 15) is 18.0 Å². The maximum absolute atomic E-state index is 12.6. The van der Waals surface area contributed by atoms with Gasteiger partial charge >= 0.3 is 0 Å². The van der Waals surface area contributed by atoms with Gasteiger partial charge in [0.2, 0.25) is 5.91 Å². The predicted molar refractivity (Wildman–Crippen MR) is 111 cm³/mol. The summed E-state index contributed by atoms with van der Waals surface area (Å²) in [6.45, 7) is 5.65. The Morgan fingerprint density at radius 1 is 1.21 bits per heavy atom. The van der Waals surface area contributed by atoms with Crippen LogP contribution < -0.4 is 10.9 Å². The topological polar surface area (TPSA) is 98.1 Å². The van der Waals surface area contributed by atoms with Crippen LogP contribution in [0.2, 0.25) is 0 Å². The van der Waals surface area contributed by atoms with Crippen LogP contribution in [-0.2, 0) is 21.2 Å². The SMILES string of the molecule is CCS(=O)(=O)c1ccc(NC(=O)CCn2cnc3sc(C)c(C)c3c2=O)cc1. The number of carbonyl (C=O) groups is 1. The minimum atomic E-state index is -3.27. The Morgan fingerprint density at radius 2 is 1.89 bits per heavy atom. The van der Waals surface area contributed by atoms with Crippen molar-refractivity contribution in [3.05, 3.63) is 51.4 Å². The van der Waals surface area contributed by atoms with Crippen molar-refractivity contribution < 1.29 is 13.2 Å². The van der Waals surface area contributed by atoms with Crippen molar-refractivity contribution >= 4 is 43.0 Å². The number of amides is 1. The average molecular weight is 420 g/mol. The Morgan fingerprint density at radius 3 is 2.54 bits per heavy atom. The van der Waals surface area contributed by atoms with Crippen LogP contribution >= 0.6 is 11.3 Å². The molecule has 3 rings (SSSR count). The minimum absolute atomic E-state index is 0.0228. The van der Waals surface area contributed by atoms with Gasteiger partial charge in [-0.3, -0.25) is 14.2 Å². The zero-order valence-corrected chi connectivity index (χ0v) is 17.5. The summed E-state index contributed by atoms with van der Waals surface area (Å²) in [5.74, 6) is -0.245. The van der Waals surface area contributed by atoms with Crippen LogP contribution in [0, 0.1) is 13.8 Å². The van der Waals surface area contributed by atoms with E-state index in [2.05, 4.69) is 10.3 Å². The predicted octanol–water partition coefficient (Wildman–Crippen LogP) is 2.90. The third kappa shape index (κ3) is 4.00. The number of anilines is 1. The van der Waals surface area contributed by atoms with Gasteiger partial charge in [0.15, 0.2) is 9.84 Å². The van der Waals surface area contributed by atoms with Gasteiger partial charge in [0.1, 0.15) is 4.83 Å². The highest BCUT2D eigenvalue weighted by Crippen LogP contribution is 2.25. The molecule has 0 fully saturated rings. The summed E-state index contributed by atoms with van der Waals surface area (Å²) in [6, 6.07) is 6.05. The zero-order chi connectivity index (χ0) is 20.5. The van der Waals surface area contributed by atoms with E-state index in [1.165, 1.54) is 34.4 Å². The number of carbonyl (C=O) groups excluding carboxylic acids is 1. The first-order chi connectivity index (χ1) is 13.2. The van der Waals surface area contributed by atoms with Crippen LogP contribution in [0.15, 0.2) is 40.3 Å². The third-order valence-electron chi connectivity index (χ3n) is 4.61. The van der Waals surface area contributed by atoms with Crippen LogP contribution in [0.3, 0.4) is 0 Å². The number of aromatic nitrogens is 2. The number of fused-ring (bicyclic) bond motifs is 1. The van der Waals surface area contributed by atoms with Gasteiger partial charge in [-0.25, -0.2) is 13.4 Å². The molecule has 0 atom stereocenters. The molecule has 2 heterocycles. The van der Waals surface area contributed by atoms with Gasteiger partial charge in [-0.05, 0) is 43.7 Å². The summed E-state index contributed by atoms with van der Waals surface area (Å²) in [7, 11) is -3.27. The van der Waals surface area contributed by atoms with E-state index in [-0.39, 0.29) is 35.1 Å². The van der Waals surface area contributed by atoms with Gasteiger partial charge in [0, 0.05) is 23.5 Å². The molecule has 0 aliphatic heterocycles. The van der Waals surface area contributed by atoms with Crippen molar-refractivity contribution in [2.24, 2.45) is 0 Å². The van der Waals surface area contributed by atoms with E-state index in [4.69, 9.17) is 0 Å². The summed E-state index contributed by atoms with van der Waals surface area (Å²) in [4.78, 5) is 31.2. The van der Waals surface area contributed by atoms with Crippen molar-refractivity contribution in [3.63, 3.8) is 0 Å². The highest BCUT2D eigenvalue weighted by molar-refractivity contribution is 7.91. The molecule has 0 radical (unpaired) electrons. The molecule has 7 nitrogen and oxygen atoms in total. The number of hydrogen-bond donors (Lipinski definition) is 1. The van der Waals surface area contributed by atoms with E-state index in [1.807, 2.05) is 13.8 Å². The molecule has 0 spiro atoms. The molecule has 9 heteroatoms. The highest BCUT2D eigenvalue weighted by Gasteiger charge is 2.14. The Kier molecular flexibility index (Phi) is 5.66. The van der Waals surface area contributed by atoms with Crippen LogP contribution in [0.5, 0.6) is 0 Å². The number of rotatable bonds is 6. The molecule has 0 aliphatic carbocycles. The van der Waals surface area contributed by atoms with Gasteiger partial charge in [0.05, 0.1) is 22.4 Å². The van der Waals surface area contributed by atoms with Gasteiger partial charge in [0.25, 0.3) is 5.56 Å². The lowest BCUT2D eigenvalue weighted by Gasteiger charge is -2.08. The normalized spacial score (nSPS) is 11.7. The van der Waals surface area contributed by atoms with Crippen molar-refractivity contribution in [1.29, 1.82) is 0 Å². The first-order valence-electron chi connectivity index (χ1n) is 8.80. The summed E-state index contributed by atoms with van der Waals surface area (Å²) in [5.41, 5.74) is 1.29. The molecule has 2 aromatic heterocycles. The van der Waals surface area contributed by atoms with Crippen LogP contribution in [0.25, 0.3) is 10.2 Å². The molecule has 1 aromatic carbocycles. The molecule has 0 saturated carbocycles. The smallest absolute Gasteiger partial charge is 0.262 e. The number of nitrogens with zero attached hydrogens (tertiary/aromatic N) is 2. The number of benzene rings is 1. The van der Waals surface area contributed by atoms with E-state index in [0.717, 1.165) is 10.4 Å². The van der Waals surface area contributed by atoms with Crippen molar-refractivity contribution in [3.8, 4) is 0 Å². The standard InChI is InChI=1S/C19H21N3O4S2/c1-4-28(25,26)15-7-5-14(6-8-15)21-16(23)9-10-22-11-20-18-17(19(22)24)12(2)13(3)27-18/h5-8,11H,4,9-10H2,1-3H3,(H,21,23).